The zero-order valence-electron chi connectivity index (χ0n) is 14.2. The van der Waals surface area contributed by atoms with E-state index >= 15 is 0 Å². The highest BCUT2D eigenvalue weighted by Gasteiger charge is 2.20. The van der Waals surface area contributed by atoms with E-state index < -0.39 is 11.0 Å². The first kappa shape index (κ1) is 20.7. The van der Waals surface area contributed by atoms with Crippen molar-refractivity contribution in [2.45, 2.75) is 48.6 Å². The highest BCUT2D eigenvalue weighted by molar-refractivity contribution is 7.99. The van der Waals surface area contributed by atoms with Crippen molar-refractivity contribution < 1.29 is 9.32 Å². The summed E-state index contributed by atoms with van der Waals surface area (Å²) in [4.78, 5) is 5.09. The number of hydrogen-bond donors (Lipinski definition) is 2. The quantitative estimate of drug-likeness (QED) is 0.719. The van der Waals surface area contributed by atoms with E-state index in [0.29, 0.717) is 21.6 Å². The fourth-order valence-corrected chi connectivity index (χ4v) is 4.31. The highest BCUT2D eigenvalue weighted by Crippen LogP contribution is 2.38. The molecule has 1 unspecified atom stereocenters. The molecule has 4 nitrogen and oxygen atoms in total. The third kappa shape index (κ3) is 5.67. The summed E-state index contributed by atoms with van der Waals surface area (Å²) in [6, 6.07) is 7.04. The second kappa shape index (κ2) is 8.84. The van der Waals surface area contributed by atoms with Crippen molar-refractivity contribution in [3.63, 3.8) is 0 Å². The number of aromatic nitrogens is 1. The molecule has 1 atom stereocenters. The van der Waals surface area contributed by atoms with Crippen molar-refractivity contribution in [2.24, 2.45) is 0 Å². The van der Waals surface area contributed by atoms with Crippen LogP contribution in [0, 0.1) is 0 Å². The van der Waals surface area contributed by atoms with Gasteiger partial charge in [0, 0.05) is 28.2 Å². The van der Waals surface area contributed by atoms with E-state index in [9.17, 15) is 9.32 Å². The van der Waals surface area contributed by atoms with E-state index in [1.165, 1.54) is 11.8 Å². The minimum Gasteiger partial charge on any atom is -0.392 e. The molecule has 2 rings (SSSR count). The molecular formula is C17H20Cl2N2O2S2. The van der Waals surface area contributed by atoms with E-state index in [0.717, 1.165) is 16.0 Å². The van der Waals surface area contributed by atoms with Crippen LogP contribution in [0.1, 0.15) is 31.9 Å². The first-order chi connectivity index (χ1) is 11.7. The van der Waals surface area contributed by atoms with E-state index in [1.54, 1.807) is 24.4 Å². The zero-order chi connectivity index (χ0) is 18.6. The van der Waals surface area contributed by atoms with Gasteiger partial charge in [-0.15, -0.1) is 0 Å². The molecule has 0 bridgehead atoms. The molecule has 0 spiro atoms. The van der Waals surface area contributed by atoms with Gasteiger partial charge in [0.2, 0.25) is 0 Å². The average Bonchev–Trinajstić information content (AvgIpc) is 2.54. The SMILES string of the molecule is CC(C)(C)S(=O)NCc1cc(Cl)cc(Cl)c1Sc1ncccc1CO. The van der Waals surface area contributed by atoms with Crippen molar-refractivity contribution in [3.8, 4) is 0 Å². The van der Waals surface area contributed by atoms with Gasteiger partial charge in [0.15, 0.2) is 0 Å². The second-order valence-corrected chi connectivity index (χ2v) is 10.2. The predicted molar refractivity (Wildman–Crippen MR) is 105 cm³/mol. The minimum absolute atomic E-state index is 0.108. The maximum Gasteiger partial charge on any atom is 0.106 e. The first-order valence-corrected chi connectivity index (χ1v) is 10.3. The Morgan fingerprint density at radius 1 is 1.28 bits per heavy atom. The topological polar surface area (TPSA) is 62.2 Å². The Kier molecular flexibility index (Phi) is 7.31. The van der Waals surface area contributed by atoms with E-state index in [-0.39, 0.29) is 11.4 Å². The summed E-state index contributed by atoms with van der Waals surface area (Å²) < 4.78 is 14.9. The molecular weight excluding hydrogens is 399 g/mol. The summed E-state index contributed by atoms with van der Waals surface area (Å²) in [7, 11) is -1.21. The molecule has 0 fully saturated rings. The van der Waals surface area contributed by atoms with Gasteiger partial charge in [-0.1, -0.05) is 41.0 Å². The van der Waals surface area contributed by atoms with Gasteiger partial charge in [-0.3, -0.25) is 0 Å². The Morgan fingerprint density at radius 3 is 2.64 bits per heavy atom. The number of benzene rings is 1. The molecule has 0 saturated heterocycles. The summed E-state index contributed by atoms with van der Waals surface area (Å²) in [5, 5.41) is 11.2. The largest absolute Gasteiger partial charge is 0.392 e. The molecule has 136 valence electrons. The lowest BCUT2D eigenvalue weighted by Crippen LogP contribution is -2.33. The maximum atomic E-state index is 12.3. The molecule has 8 heteroatoms. The number of rotatable bonds is 6. The van der Waals surface area contributed by atoms with Crippen LogP contribution in [0.15, 0.2) is 40.4 Å². The Bertz CT molecular complexity index is 780. The van der Waals surface area contributed by atoms with Crippen molar-refractivity contribution in [1.29, 1.82) is 0 Å². The lowest BCUT2D eigenvalue weighted by molar-refractivity contribution is 0.278. The summed E-state index contributed by atoms with van der Waals surface area (Å²) in [6.07, 6.45) is 1.66. The van der Waals surface area contributed by atoms with Crippen molar-refractivity contribution in [3.05, 3.63) is 51.6 Å². The van der Waals surface area contributed by atoms with Gasteiger partial charge in [0.05, 0.1) is 27.4 Å². The Hall–Kier alpha value is -0.630. The smallest absolute Gasteiger partial charge is 0.106 e. The van der Waals surface area contributed by atoms with Gasteiger partial charge >= 0.3 is 0 Å². The summed E-state index contributed by atoms with van der Waals surface area (Å²) in [6.45, 7) is 5.95. The molecule has 0 aliphatic heterocycles. The normalized spacial score (nSPS) is 13.0. The van der Waals surface area contributed by atoms with Gasteiger partial charge in [0.1, 0.15) is 5.03 Å². The predicted octanol–water partition coefficient (Wildman–Crippen LogP) is 4.58. The van der Waals surface area contributed by atoms with Gasteiger partial charge in [-0.25, -0.2) is 13.9 Å². The van der Waals surface area contributed by atoms with Crippen LogP contribution in [0.3, 0.4) is 0 Å². The molecule has 0 saturated carbocycles. The lowest BCUT2D eigenvalue weighted by atomic mass is 10.2. The molecule has 25 heavy (non-hydrogen) atoms. The van der Waals surface area contributed by atoms with Crippen LogP contribution < -0.4 is 4.72 Å². The maximum absolute atomic E-state index is 12.3. The van der Waals surface area contributed by atoms with Crippen LogP contribution in [0.4, 0.5) is 0 Å². The standard InChI is InChI=1S/C17H20Cl2N2O2S2/c1-17(2,3)25(23)21-9-12-7-13(18)8-14(19)15(12)24-16-11(10-22)5-4-6-20-16/h4-8,21-22H,9-10H2,1-3H3. The van der Waals surface area contributed by atoms with Gasteiger partial charge < -0.3 is 5.11 Å². The number of aliphatic hydroxyl groups is 1. The van der Waals surface area contributed by atoms with E-state index in [4.69, 9.17) is 23.2 Å². The van der Waals surface area contributed by atoms with Crippen LogP contribution in [0.2, 0.25) is 10.0 Å². The molecule has 0 amide bonds. The minimum atomic E-state index is -1.21. The van der Waals surface area contributed by atoms with Gasteiger partial charge in [-0.2, -0.15) is 0 Å². The van der Waals surface area contributed by atoms with Crippen LogP contribution >= 0.6 is 35.0 Å². The lowest BCUT2D eigenvalue weighted by Gasteiger charge is -2.19. The number of aliphatic hydroxyl groups excluding tert-OH is 1. The fourth-order valence-electron chi connectivity index (χ4n) is 1.95. The monoisotopic (exact) mass is 418 g/mol. The van der Waals surface area contributed by atoms with Crippen LogP contribution in [0.5, 0.6) is 0 Å². The molecule has 2 N–H and O–H groups in total. The van der Waals surface area contributed by atoms with Crippen LogP contribution in [-0.4, -0.2) is 19.0 Å². The highest BCUT2D eigenvalue weighted by atomic mass is 35.5. The molecule has 0 aliphatic carbocycles. The molecule has 2 aromatic rings. The fraction of sp³-hybridized carbons (Fsp3) is 0.353. The van der Waals surface area contributed by atoms with E-state index in [2.05, 4.69) is 9.71 Å². The number of pyridine rings is 1. The first-order valence-electron chi connectivity index (χ1n) is 7.58. The number of nitrogens with zero attached hydrogens (tertiary/aromatic N) is 1. The number of hydrogen-bond acceptors (Lipinski definition) is 4. The summed E-state index contributed by atoms with van der Waals surface area (Å²) >= 11 is 13.9. The van der Waals surface area contributed by atoms with Crippen LogP contribution in [0.25, 0.3) is 0 Å². The Labute approximate surface area is 164 Å². The van der Waals surface area contributed by atoms with Crippen molar-refractivity contribution in [1.82, 2.24) is 9.71 Å². The summed E-state index contributed by atoms with van der Waals surface area (Å²) in [5.41, 5.74) is 1.55. The second-order valence-electron chi connectivity index (χ2n) is 6.31. The Balaban J connectivity index is 2.32. The van der Waals surface area contributed by atoms with Gasteiger partial charge in [0.25, 0.3) is 0 Å². The Morgan fingerprint density at radius 2 is 2.00 bits per heavy atom. The number of nitrogens with one attached hydrogen (secondary N) is 1. The van der Waals surface area contributed by atoms with Crippen molar-refractivity contribution in [2.75, 3.05) is 0 Å². The van der Waals surface area contributed by atoms with E-state index in [1.807, 2.05) is 26.8 Å². The van der Waals surface area contributed by atoms with Crippen molar-refractivity contribution >= 4 is 45.9 Å². The van der Waals surface area contributed by atoms with Crippen LogP contribution in [-0.2, 0) is 24.1 Å². The molecule has 0 radical (unpaired) electrons. The molecule has 1 aromatic heterocycles. The third-order valence-electron chi connectivity index (χ3n) is 3.25. The molecule has 1 heterocycles. The molecule has 1 aromatic carbocycles. The van der Waals surface area contributed by atoms with Gasteiger partial charge in [-0.05, 0) is 44.5 Å². The average molecular weight is 419 g/mol. The number of halogens is 2. The summed E-state index contributed by atoms with van der Waals surface area (Å²) in [5.74, 6) is 0. The molecule has 0 aliphatic rings. The zero-order valence-corrected chi connectivity index (χ0v) is 17.3. The third-order valence-corrected chi connectivity index (χ3v) is 6.65.